The van der Waals surface area contributed by atoms with Crippen LogP contribution in [0.5, 0.6) is 11.5 Å². The molecule has 4 heteroatoms. The number of carbonyl (C=O) groups is 1. The van der Waals surface area contributed by atoms with E-state index in [1.807, 2.05) is 32.9 Å². The number of benzene rings is 1. The molecule has 0 bridgehead atoms. The molecule has 1 rings (SSSR count). The molecule has 1 N–H and O–H groups in total. The van der Waals surface area contributed by atoms with Crippen LogP contribution in [0.25, 0.3) is 0 Å². The van der Waals surface area contributed by atoms with E-state index in [1.54, 1.807) is 14.2 Å². The van der Waals surface area contributed by atoms with Crippen molar-refractivity contribution in [2.75, 3.05) is 14.2 Å². The lowest BCUT2D eigenvalue weighted by atomic mass is 10.1. The van der Waals surface area contributed by atoms with Gasteiger partial charge in [0.1, 0.15) is 11.5 Å². The maximum Gasteiger partial charge on any atom is 0.224 e. The van der Waals surface area contributed by atoms with Crippen LogP contribution in [0.4, 0.5) is 0 Å². The molecule has 0 fully saturated rings. The zero-order chi connectivity index (χ0) is 14.4. The zero-order valence-corrected chi connectivity index (χ0v) is 12.4. The molecular weight excluding hydrogens is 242 g/mol. The molecule has 0 aliphatic carbocycles. The third kappa shape index (κ3) is 4.16. The average molecular weight is 265 g/mol. The molecule has 106 valence electrons. The Morgan fingerprint density at radius 2 is 1.89 bits per heavy atom. The lowest BCUT2D eigenvalue weighted by molar-refractivity contribution is -0.121. The fourth-order valence-electron chi connectivity index (χ4n) is 1.85. The van der Waals surface area contributed by atoms with E-state index in [1.165, 1.54) is 0 Å². The Kier molecular flexibility index (Phi) is 5.67. The lowest BCUT2D eigenvalue weighted by Crippen LogP contribution is -2.33. The first-order valence-corrected chi connectivity index (χ1v) is 6.52. The van der Waals surface area contributed by atoms with Crippen molar-refractivity contribution in [2.24, 2.45) is 0 Å². The summed E-state index contributed by atoms with van der Waals surface area (Å²) < 4.78 is 10.6. The Hall–Kier alpha value is -1.71. The predicted molar refractivity (Wildman–Crippen MR) is 75.9 cm³/mol. The summed E-state index contributed by atoms with van der Waals surface area (Å²) in [5.41, 5.74) is 1.83. The molecule has 1 amide bonds. The van der Waals surface area contributed by atoms with Gasteiger partial charge in [0.05, 0.1) is 20.6 Å². The normalized spacial score (nSPS) is 11.8. The monoisotopic (exact) mass is 265 g/mol. The van der Waals surface area contributed by atoms with Crippen molar-refractivity contribution < 1.29 is 14.3 Å². The van der Waals surface area contributed by atoms with Gasteiger partial charge < -0.3 is 14.8 Å². The van der Waals surface area contributed by atoms with Gasteiger partial charge in [0, 0.05) is 11.6 Å². The second kappa shape index (κ2) is 7.02. The molecule has 0 spiro atoms. The number of rotatable bonds is 6. The molecule has 19 heavy (non-hydrogen) atoms. The van der Waals surface area contributed by atoms with E-state index in [0.717, 1.165) is 29.0 Å². The molecule has 1 unspecified atom stereocenters. The molecular formula is C15H23NO3. The number of methoxy groups -OCH3 is 2. The Labute approximate surface area is 115 Å². The van der Waals surface area contributed by atoms with Gasteiger partial charge in [-0.3, -0.25) is 4.79 Å². The third-order valence-corrected chi connectivity index (χ3v) is 3.17. The minimum atomic E-state index is -0.00134. The number of aryl methyl sites for hydroxylation is 1. The van der Waals surface area contributed by atoms with Gasteiger partial charge in [0.2, 0.25) is 5.91 Å². The highest BCUT2D eigenvalue weighted by Gasteiger charge is 2.13. The molecule has 1 atom stereocenters. The highest BCUT2D eigenvalue weighted by atomic mass is 16.5. The summed E-state index contributed by atoms with van der Waals surface area (Å²) in [6, 6.07) is 3.94. The van der Waals surface area contributed by atoms with E-state index < -0.39 is 0 Å². The Morgan fingerprint density at radius 3 is 2.42 bits per heavy atom. The van der Waals surface area contributed by atoms with Gasteiger partial charge in [0.15, 0.2) is 0 Å². The number of amides is 1. The van der Waals surface area contributed by atoms with E-state index in [0.29, 0.717) is 6.42 Å². The molecule has 1 aromatic carbocycles. The highest BCUT2D eigenvalue weighted by Crippen LogP contribution is 2.28. The van der Waals surface area contributed by atoms with Crippen LogP contribution in [-0.4, -0.2) is 26.2 Å². The van der Waals surface area contributed by atoms with Gasteiger partial charge >= 0.3 is 0 Å². The molecule has 0 heterocycles. The van der Waals surface area contributed by atoms with Gasteiger partial charge in [-0.25, -0.2) is 0 Å². The van der Waals surface area contributed by atoms with Crippen LogP contribution in [0.15, 0.2) is 12.1 Å². The number of ether oxygens (including phenoxy) is 2. The van der Waals surface area contributed by atoms with Gasteiger partial charge in [-0.05, 0) is 38.0 Å². The summed E-state index contributed by atoms with van der Waals surface area (Å²) in [5, 5.41) is 2.95. The van der Waals surface area contributed by atoms with E-state index in [9.17, 15) is 4.79 Å². The zero-order valence-electron chi connectivity index (χ0n) is 12.4. The first kappa shape index (κ1) is 15.3. The maximum atomic E-state index is 11.9. The van der Waals surface area contributed by atoms with Crippen LogP contribution in [0, 0.1) is 6.92 Å². The van der Waals surface area contributed by atoms with Crippen LogP contribution in [-0.2, 0) is 11.2 Å². The molecule has 1 aromatic rings. The molecule has 0 saturated heterocycles. The first-order valence-electron chi connectivity index (χ1n) is 6.52. The molecule has 4 nitrogen and oxygen atoms in total. The van der Waals surface area contributed by atoms with Gasteiger partial charge in [-0.2, -0.15) is 0 Å². The summed E-state index contributed by atoms with van der Waals surface area (Å²) in [7, 11) is 3.23. The smallest absolute Gasteiger partial charge is 0.224 e. The maximum absolute atomic E-state index is 11.9. The second-order valence-corrected chi connectivity index (χ2v) is 4.69. The Morgan fingerprint density at radius 1 is 1.26 bits per heavy atom. The fraction of sp³-hybridized carbons (Fsp3) is 0.533. The van der Waals surface area contributed by atoms with Crippen LogP contribution < -0.4 is 14.8 Å². The summed E-state index contributed by atoms with van der Waals surface area (Å²) in [5.74, 6) is 1.49. The van der Waals surface area contributed by atoms with Gasteiger partial charge in [-0.15, -0.1) is 0 Å². The van der Waals surface area contributed by atoms with Crippen molar-refractivity contribution in [3.05, 3.63) is 23.3 Å². The van der Waals surface area contributed by atoms with Crippen molar-refractivity contribution in [3.63, 3.8) is 0 Å². The molecule has 0 saturated carbocycles. The number of hydrogen-bond acceptors (Lipinski definition) is 3. The molecule has 0 aliphatic rings. The quantitative estimate of drug-likeness (QED) is 0.859. The van der Waals surface area contributed by atoms with Crippen LogP contribution in [0.3, 0.4) is 0 Å². The van der Waals surface area contributed by atoms with Crippen LogP contribution in [0.1, 0.15) is 31.4 Å². The lowest BCUT2D eigenvalue weighted by Gasteiger charge is -2.15. The summed E-state index contributed by atoms with van der Waals surface area (Å²) >= 11 is 0. The summed E-state index contributed by atoms with van der Waals surface area (Å²) in [6.07, 6.45) is 1.21. The van der Waals surface area contributed by atoms with E-state index >= 15 is 0 Å². The standard InChI is InChI=1S/C15H23NO3/c1-6-11(3)16-15(17)9-12-8-13(18-4)10(2)7-14(12)19-5/h7-8,11H,6,9H2,1-5H3,(H,16,17). The van der Waals surface area contributed by atoms with E-state index in [-0.39, 0.29) is 11.9 Å². The van der Waals surface area contributed by atoms with Crippen molar-refractivity contribution in [3.8, 4) is 11.5 Å². The number of hydrogen-bond donors (Lipinski definition) is 1. The van der Waals surface area contributed by atoms with Gasteiger partial charge in [0.25, 0.3) is 0 Å². The van der Waals surface area contributed by atoms with E-state index in [2.05, 4.69) is 5.32 Å². The minimum Gasteiger partial charge on any atom is -0.496 e. The van der Waals surface area contributed by atoms with Crippen molar-refractivity contribution in [1.29, 1.82) is 0 Å². The highest BCUT2D eigenvalue weighted by molar-refractivity contribution is 5.79. The topological polar surface area (TPSA) is 47.6 Å². The third-order valence-electron chi connectivity index (χ3n) is 3.17. The Bertz CT molecular complexity index is 443. The van der Waals surface area contributed by atoms with Crippen LogP contribution in [0.2, 0.25) is 0 Å². The predicted octanol–water partition coefficient (Wildman–Crippen LogP) is 2.47. The first-order chi connectivity index (χ1) is 9.01. The van der Waals surface area contributed by atoms with Gasteiger partial charge in [-0.1, -0.05) is 6.92 Å². The molecule has 0 radical (unpaired) electrons. The largest absolute Gasteiger partial charge is 0.496 e. The molecule has 0 aliphatic heterocycles. The molecule has 0 aromatic heterocycles. The minimum absolute atomic E-state index is 0.00134. The van der Waals surface area contributed by atoms with Crippen LogP contribution >= 0.6 is 0 Å². The average Bonchev–Trinajstić information content (AvgIpc) is 2.39. The van der Waals surface area contributed by atoms with E-state index in [4.69, 9.17) is 9.47 Å². The Balaban J connectivity index is 2.90. The number of nitrogens with one attached hydrogen (secondary N) is 1. The van der Waals surface area contributed by atoms with Crippen molar-refractivity contribution >= 4 is 5.91 Å². The summed E-state index contributed by atoms with van der Waals surface area (Å²) in [4.78, 5) is 11.9. The SMILES string of the molecule is CCC(C)NC(=O)Cc1cc(OC)c(C)cc1OC. The van der Waals surface area contributed by atoms with Crippen molar-refractivity contribution in [1.82, 2.24) is 5.32 Å². The van der Waals surface area contributed by atoms with Crippen molar-refractivity contribution in [2.45, 2.75) is 39.7 Å². The fourth-order valence-corrected chi connectivity index (χ4v) is 1.85. The second-order valence-electron chi connectivity index (χ2n) is 4.69. The number of carbonyl (C=O) groups excluding carboxylic acids is 1. The summed E-state index contributed by atoms with van der Waals surface area (Å²) in [6.45, 7) is 5.98.